The fourth-order valence-electron chi connectivity index (χ4n) is 1.83. The number of primary sulfonamides is 1. The Bertz CT molecular complexity index is 982. The molecule has 0 unspecified atom stereocenters. The number of hydrogen-bond acceptors (Lipinski definition) is 5. The zero-order valence-electron chi connectivity index (χ0n) is 12.8. The van der Waals surface area contributed by atoms with Crippen LogP contribution in [0.15, 0.2) is 45.8 Å². The predicted octanol–water partition coefficient (Wildman–Crippen LogP) is 3.20. The molecule has 7 nitrogen and oxygen atoms in total. The van der Waals surface area contributed by atoms with Crippen LogP contribution in [0.5, 0.6) is 0 Å². The first-order chi connectivity index (χ1) is 12.1. The van der Waals surface area contributed by atoms with Gasteiger partial charge in [-0.25, -0.2) is 18.4 Å². The van der Waals surface area contributed by atoms with Crippen molar-refractivity contribution in [2.75, 3.05) is 11.9 Å². The number of amides is 1. The average Bonchev–Trinajstić information content (AvgIpc) is 2.55. The molecule has 2 rings (SSSR count). The molecule has 26 heavy (non-hydrogen) atoms. The number of carbonyl (C=O) groups excluding carboxylic acids is 2. The van der Waals surface area contributed by atoms with Crippen LogP contribution in [0.3, 0.4) is 0 Å². The number of ether oxygens (including phenoxy) is 1. The Labute approximate surface area is 167 Å². The highest BCUT2D eigenvalue weighted by Gasteiger charge is 2.18. The fourth-order valence-corrected chi connectivity index (χ4v) is 3.11. The summed E-state index contributed by atoms with van der Waals surface area (Å²) in [7, 11) is -3.99. The van der Waals surface area contributed by atoms with Crippen LogP contribution < -0.4 is 10.5 Å². The maximum absolute atomic E-state index is 12.1. The molecule has 0 bridgehead atoms. The lowest BCUT2D eigenvalue weighted by Crippen LogP contribution is -2.21. The maximum atomic E-state index is 12.1. The Morgan fingerprint density at radius 1 is 1.15 bits per heavy atom. The standard InChI is InChI=1S/C15H11BrCl2N2O5S/c16-11-3-2-9(26(19,23)24)6-10(11)15(22)25-7-14(21)20-13-5-8(17)1-4-12(13)18/h1-6H,7H2,(H,20,21)(H2,19,23,24). The Hall–Kier alpha value is -1.65. The van der Waals surface area contributed by atoms with Crippen molar-refractivity contribution in [1.29, 1.82) is 0 Å². The van der Waals surface area contributed by atoms with Gasteiger partial charge in [-0.1, -0.05) is 23.2 Å². The second kappa shape index (κ2) is 8.36. The van der Waals surface area contributed by atoms with E-state index in [1.54, 1.807) is 6.07 Å². The normalized spacial score (nSPS) is 11.1. The summed E-state index contributed by atoms with van der Waals surface area (Å²) in [6.45, 7) is -0.617. The highest BCUT2D eigenvalue weighted by molar-refractivity contribution is 9.10. The van der Waals surface area contributed by atoms with E-state index in [0.29, 0.717) is 5.02 Å². The van der Waals surface area contributed by atoms with Crippen LogP contribution in [0.25, 0.3) is 0 Å². The van der Waals surface area contributed by atoms with Crippen LogP contribution in [-0.4, -0.2) is 26.9 Å². The monoisotopic (exact) mass is 480 g/mol. The minimum atomic E-state index is -3.99. The lowest BCUT2D eigenvalue weighted by molar-refractivity contribution is -0.119. The molecule has 138 valence electrons. The zero-order valence-corrected chi connectivity index (χ0v) is 16.7. The van der Waals surface area contributed by atoms with E-state index in [2.05, 4.69) is 21.2 Å². The minimum absolute atomic E-state index is 0.0925. The van der Waals surface area contributed by atoms with Gasteiger partial charge in [0.2, 0.25) is 10.0 Å². The number of rotatable bonds is 5. The first kappa shape index (κ1) is 20.7. The second-order valence-corrected chi connectivity index (χ2v) is 8.19. The third kappa shape index (κ3) is 5.42. The number of hydrogen-bond donors (Lipinski definition) is 2. The summed E-state index contributed by atoms with van der Waals surface area (Å²) in [5.41, 5.74) is 0.169. The van der Waals surface area contributed by atoms with Crippen molar-refractivity contribution in [1.82, 2.24) is 0 Å². The molecule has 2 aromatic carbocycles. The number of sulfonamides is 1. The molecule has 3 N–H and O–H groups in total. The molecule has 0 saturated carbocycles. The van der Waals surface area contributed by atoms with Crippen molar-refractivity contribution in [3.63, 3.8) is 0 Å². The number of benzene rings is 2. The first-order valence-electron chi connectivity index (χ1n) is 6.82. The van der Waals surface area contributed by atoms with Crippen molar-refractivity contribution in [2.24, 2.45) is 5.14 Å². The molecule has 0 fully saturated rings. The van der Waals surface area contributed by atoms with E-state index in [1.807, 2.05) is 0 Å². The summed E-state index contributed by atoms with van der Waals surface area (Å²) in [6.07, 6.45) is 0. The Kier molecular flexibility index (Phi) is 6.64. The predicted molar refractivity (Wildman–Crippen MR) is 101 cm³/mol. The van der Waals surface area contributed by atoms with Gasteiger partial charge in [-0.2, -0.15) is 0 Å². The third-order valence-electron chi connectivity index (χ3n) is 3.02. The largest absolute Gasteiger partial charge is 0.452 e. The molecule has 2 aromatic rings. The van der Waals surface area contributed by atoms with Gasteiger partial charge in [0.25, 0.3) is 5.91 Å². The van der Waals surface area contributed by atoms with E-state index in [9.17, 15) is 18.0 Å². The summed E-state index contributed by atoms with van der Waals surface area (Å²) in [5, 5.41) is 8.10. The lowest BCUT2D eigenvalue weighted by atomic mass is 10.2. The van der Waals surface area contributed by atoms with Crippen molar-refractivity contribution in [3.05, 3.63) is 56.5 Å². The molecule has 0 radical (unpaired) electrons. The van der Waals surface area contributed by atoms with E-state index in [-0.39, 0.29) is 25.6 Å². The van der Waals surface area contributed by atoms with Crippen LogP contribution in [0, 0.1) is 0 Å². The number of nitrogens with one attached hydrogen (secondary N) is 1. The summed E-state index contributed by atoms with van der Waals surface area (Å²) >= 11 is 14.8. The quantitative estimate of drug-likeness (QED) is 0.636. The molecule has 11 heteroatoms. The summed E-state index contributed by atoms with van der Waals surface area (Å²) < 4.78 is 27.9. The third-order valence-corrected chi connectivity index (χ3v) is 5.19. The first-order valence-corrected chi connectivity index (χ1v) is 9.92. The summed E-state index contributed by atoms with van der Waals surface area (Å²) in [6, 6.07) is 8.10. The SMILES string of the molecule is NS(=O)(=O)c1ccc(Br)c(C(=O)OCC(=O)Nc2cc(Cl)ccc2Cl)c1. The van der Waals surface area contributed by atoms with Gasteiger partial charge in [-0.15, -0.1) is 0 Å². The van der Waals surface area contributed by atoms with Gasteiger partial charge < -0.3 is 10.1 Å². The van der Waals surface area contributed by atoms with E-state index in [1.165, 1.54) is 24.3 Å². The van der Waals surface area contributed by atoms with Crippen molar-refractivity contribution >= 4 is 66.7 Å². The molecular weight excluding hydrogens is 471 g/mol. The van der Waals surface area contributed by atoms with Crippen LogP contribution in [0.1, 0.15) is 10.4 Å². The van der Waals surface area contributed by atoms with Crippen molar-refractivity contribution in [2.45, 2.75) is 4.90 Å². The van der Waals surface area contributed by atoms with Gasteiger partial charge >= 0.3 is 5.97 Å². The lowest BCUT2D eigenvalue weighted by Gasteiger charge is -2.10. The molecule has 0 aliphatic heterocycles. The van der Waals surface area contributed by atoms with Gasteiger partial charge in [-0.05, 0) is 52.3 Å². The van der Waals surface area contributed by atoms with Gasteiger partial charge in [0, 0.05) is 9.50 Å². The van der Waals surface area contributed by atoms with Crippen LogP contribution in [0.2, 0.25) is 10.0 Å². The topological polar surface area (TPSA) is 116 Å². The Morgan fingerprint density at radius 2 is 1.85 bits per heavy atom. The number of carbonyl (C=O) groups is 2. The number of anilines is 1. The van der Waals surface area contributed by atoms with Crippen molar-refractivity contribution < 1.29 is 22.7 Å². The average molecular weight is 482 g/mol. The molecule has 0 aromatic heterocycles. The smallest absolute Gasteiger partial charge is 0.339 e. The van der Waals surface area contributed by atoms with Gasteiger partial charge in [0.1, 0.15) is 0 Å². The summed E-state index contributed by atoms with van der Waals surface area (Å²) in [4.78, 5) is 23.8. The molecule has 1 amide bonds. The summed E-state index contributed by atoms with van der Waals surface area (Å²) in [5.74, 6) is -1.56. The molecule has 0 atom stereocenters. The van der Waals surface area contributed by atoms with Crippen LogP contribution in [-0.2, 0) is 19.6 Å². The van der Waals surface area contributed by atoms with Gasteiger partial charge in [0.05, 0.1) is 21.2 Å². The van der Waals surface area contributed by atoms with E-state index < -0.39 is 28.5 Å². The highest BCUT2D eigenvalue weighted by Crippen LogP contribution is 2.25. The minimum Gasteiger partial charge on any atom is -0.452 e. The van der Waals surface area contributed by atoms with Gasteiger partial charge in [-0.3, -0.25) is 4.79 Å². The molecule has 0 heterocycles. The molecule has 0 aliphatic carbocycles. The highest BCUT2D eigenvalue weighted by atomic mass is 79.9. The van der Waals surface area contributed by atoms with Crippen molar-refractivity contribution in [3.8, 4) is 0 Å². The van der Waals surface area contributed by atoms with Crippen LogP contribution in [0.4, 0.5) is 5.69 Å². The van der Waals surface area contributed by atoms with Gasteiger partial charge in [0.15, 0.2) is 6.61 Å². The fraction of sp³-hybridized carbons (Fsp3) is 0.0667. The van der Waals surface area contributed by atoms with E-state index in [0.717, 1.165) is 6.07 Å². The second-order valence-electron chi connectivity index (χ2n) is 4.94. The van der Waals surface area contributed by atoms with E-state index in [4.69, 9.17) is 33.1 Å². The van der Waals surface area contributed by atoms with E-state index >= 15 is 0 Å². The Balaban J connectivity index is 2.06. The number of nitrogens with two attached hydrogens (primary N) is 1. The number of esters is 1. The zero-order chi connectivity index (χ0) is 19.5. The molecular formula is C15H11BrCl2N2O5S. The maximum Gasteiger partial charge on any atom is 0.339 e. The number of halogens is 3. The molecule has 0 aliphatic rings. The Morgan fingerprint density at radius 3 is 2.50 bits per heavy atom. The van der Waals surface area contributed by atoms with Crippen LogP contribution >= 0.6 is 39.1 Å². The molecule has 0 spiro atoms. The molecule has 0 saturated heterocycles.